The van der Waals surface area contributed by atoms with Crippen LogP contribution in [0.5, 0.6) is 0 Å². The molecule has 0 unspecified atom stereocenters. The highest BCUT2D eigenvalue weighted by Crippen LogP contribution is 2.42. The zero-order chi connectivity index (χ0) is 16.6. The largest absolute Gasteiger partial charge is 0.478 e. The van der Waals surface area contributed by atoms with E-state index in [1.807, 2.05) is 12.1 Å². The molecule has 1 saturated carbocycles. The lowest BCUT2D eigenvalue weighted by Crippen LogP contribution is -2.50. The van der Waals surface area contributed by atoms with Gasteiger partial charge in [-0.25, -0.2) is 4.79 Å². The Balaban J connectivity index is 1.62. The summed E-state index contributed by atoms with van der Waals surface area (Å²) >= 11 is 0. The standard InChI is InChI=1S/C20H22N2O2/c23-19(24)16-9-7-15(8-10-16)13-22-14-20(11-3-4-12-20)21-17-5-1-2-6-18(17)22/h1-2,5-10,21H,3-4,11-14H2,(H,23,24). The van der Waals surface area contributed by atoms with Crippen molar-refractivity contribution in [3.63, 3.8) is 0 Å². The smallest absolute Gasteiger partial charge is 0.335 e. The number of nitrogens with one attached hydrogen (secondary N) is 1. The molecule has 4 heteroatoms. The van der Waals surface area contributed by atoms with Gasteiger partial charge < -0.3 is 15.3 Å². The average molecular weight is 322 g/mol. The molecule has 4 nitrogen and oxygen atoms in total. The second-order valence-corrected chi connectivity index (χ2v) is 6.99. The lowest BCUT2D eigenvalue weighted by atomic mass is 9.92. The Bertz CT molecular complexity index is 748. The molecule has 0 atom stereocenters. The van der Waals surface area contributed by atoms with E-state index in [1.165, 1.54) is 37.1 Å². The normalized spacial score (nSPS) is 18.2. The van der Waals surface area contributed by atoms with E-state index >= 15 is 0 Å². The quantitative estimate of drug-likeness (QED) is 0.892. The first kappa shape index (κ1) is 15.1. The van der Waals surface area contributed by atoms with Crippen LogP contribution < -0.4 is 10.2 Å². The highest BCUT2D eigenvalue weighted by atomic mass is 16.4. The van der Waals surface area contributed by atoms with Crippen molar-refractivity contribution in [1.82, 2.24) is 0 Å². The number of aromatic carboxylic acids is 1. The van der Waals surface area contributed by atoms with Crippen molar-refractivity contribution in [2.24, 2.45) is 0 Å². The van der Waals surface area contributed by atoms with Gasteiger partial charge in [-0.15, -0.1) is 0 Å². The number of rotatable bonds is 3. The molecule has 124 valence electrons. The minimum absolute atomic E-state index is 0.190. The molecule has 1 aliphatic heterocycles. The highest BCUT2D eigenvalue weighted by Gasteiger charge is 2.39. The van der Waals surface area contributed by atoms with Crippen LogP contribution in [0.15, 0.2) is 48.5 Å². The Kier molecular flexibility index (Phi) is 3.68. The Hall–Kier alpha value is -2.49. The van der Waals surface area contributed by atoms with Gasteiger partial charge in [-0.05, 0) is 42.7 Å². The topological polar surface area (TPSA) is 52.6 Å². The summed E-state index contributed by atoms with van der Waals surface area (Å²) in [4.78, 5) is 13.5. The molecule has 2 aromatic rings. The van der Waals surface area contributed by atoms with Gasteiger partial charge in [0.15, 0.2) is 0 Å². The molecule has 0 amide bonds. The van der Waals surface area contributed by atoms with Crippen molar-refractivity contribution >= 4 is 17.3 Å². The fourth-order valence-electron chi connectivity index (χ4n) is 4.08. The molecule has 24 heavy (non-hydrogen) atoms. The van der Waals surface area contributed by atoms with Crippen LogP contribution in [0.25, 0.3) is 0 Å². The van der Waals surface area contributed by atoms with E-state index < -0.39 is 5.97 Å². The molecule has 0 bridgehead atoms. The van der Waals surface area contributed by atoms with Crippen molar-refractivity contribution in [3.8, 4) is 0 Å². The van der Waals surface area contributed by atoms with Crippen LogP contribution in [0.1, 0.15) is 41.6 Å². The first-order valence-electron chi connectivity index (χ1n) is 8.60. The molecule has 2 aliphatic rings. The number of fused-ring (bicyclic) bond motifs is 1. The minimum Gasteiger partial charge on any atom is -0.478 e. The van der Waals surface area contributed by atoms with Crippen molar-refractivity contribution in [2.45, 2.75) is 37.8 Å². The Morgan fingerprint density at radius 2 is 1.79 bits per heavy atom. The van der Waals surface area contributed by atoms with E-state index in [-0.39, 0.29) is 5.54 Å². The Labute approximate surface area is 142 Å². The summed E-state index contributed by atoms with van der Waals surface area (Å²) in [5.74, 6) is -0.876. The van der Waals surface area contributed by atoms with E-state index in [0.29, 0.717) is 5.56 Å². The summed E-state index contributed by atoms with van der Waals surface area (Å²) in [6.45, 7) is 1.81. The van der Waals surface area contributed by atoms with Gasteiger partial charge in [0.25, 0.3) is 0 Å². The minimum atomic E-state index is -0.876. The molecule has 2 aromatic carbocycles. The van der Waals surface area contributed by atoms with Gasteiger partial charge in [-0.2, -0.15) is 0 Å². The summed E-state index contributed by atoms with van der Waals surface area (Å²) in [5, 5.41) is 12.8. The van der Waals surface area contributed by atoms with Crippen LogP contribution in [0.3, 0.4) is 0 Å². The lowest BCUT2D eigenvalue weighted by molar-refractivity contribution is 0.0697. The number of carbonyl (C=O) groups is 1. The SMILES string of the molecule is O=C(O)c1ccc(CN2CC3(CCCC3)Nc3ccccc32)cc1. The number of para-hydroxylation sites is 2. The van der Waals surface area contributed by atoms with Gasteiger partial charge in [-0.1, -0.05) is 37.1 Å². The number of carboxylic acids is 1. The van der Waals surface area contributed by atoms with E-state index in [0.717, 1.165) is 18.7 Å². The molecule has 0 saturated heterocycles. The van der Waals surface area contributed by atoms with Gasteiger partial charge in [0, 0.05) is 13.1 Å². The first-order chi connectivity index (χ1) is 11.7. The van der Waals surface area contributed by atoms with Crippen molar-refractivity contribution in [3.05, 3.63) is 59.7 Å². The van der Waals surface area contributed by atoms with Gasteiger partial charge in [-0.3, -0.25) is 0 Å². The average Bonchev–Trinajstić information content (AvgIpc) is 3.03. The molecule has 2 N–H and O–H groups in total. The summed E-state index contributed by atoms with van der Waals surface area (Å²) in [7, 11) is 0. The van der Waals surface area contributed by atoms with E-state index in [4.69, 9.17) is 5.11 Å². The summed E-state index contributed by atoms with van der Waals surface area (Å²) < 4.78 is 0. The van der Waals surface area contributed by atoms with Crippen LogP contribution in [0, 0.1) is 0 Å². The highest BCUT2D eigenvalue weighted by molar-refractivity contribution is 5.87. The molecule has 0 aromatic heterocycles. The second-order valence-electron chi connectivity index (χ2n) is 6.99. The van der Waals surface area contributed by atoms with Gasteiger partial charge in [0.2, 0.25) is 0 Å². The summed E-state index contributed by atoms with van der Waals surface area (Å²) in [5.41, 5.74) is 4.12. The molecule has 0 radical (unpaired) electrons. The van der Waals surface area contributed by atoms with Gasteiger partial charge in [0.05, 0.1) is 22.5 Å². The lowest BCUT2D eigenvalue weighted by Gasteiger charge is -2.44. The van der Waals surface area contributed by atoms with Crippen LogP contribution in [0.2, 0.25) is 0 Å². The molecule has 4 rings (SSSR count). The summed E-state index contributed by atoms with van der Waals surface area (Å²) in [6, 6.07) is 15.7. The monoisotopic (exact) mass is 322 g/mol. The number of hydrogen-bond donors (Lipinski definition) is 2. The molecular weight excluding hydrogens is 300 g/mol. The number of carboxylic acid groups (broad SMARTS) is 1. The maximum Gasteiger partial charge on any atom is 0.335 e. The van der Waals surface area contributed by atoms with Gasteiger partial charge in [0.1, 0.15) is 0 Å². The van der Waals surface area contributed by atoms with Crippen LogP contribution in [-0.4, -0.2) is 23.2 Å². The predicted molar refractivity (Wildman–Crippen MR) is 95.7 cm³/mol. The zero-order valence-electron chi connectivity index (χ0n) is 13.7. The number of anilines is 2. The van der Waals surface area contributed by atoms with Crippen LogP contribution in [-0.2, 0) is 6.54 Å². The van der Waals surface area contributed by atoms with E-state index in [1.54, 1.807) is 12.1 Å². The number of nitrogens with zero attached hydrogens (tertiary/aromatic N) is 1. The van der Waals surface area contributed by atoms with Crippen molar-refractivity contribution < 1.29 is 9.90 Å². The van der Waals surface area contributed by atoms with Crippen LogP contribution >= 0.6 is 0 Å². The third kappa shape index (κ3) is 2.73. The maximum absolute atomic E-state index is 11.0. The third-order valence-electron chi connectivity index (χ3n) is 5.27. The first-order valence-corrected chi connectivity index (χ1v) is 8.60. The molecule has 1 spiro atoms. The fraction of sp³-hybridized carbons (Fsp3) is 0.350. The molecule has 1 aliphatic carbocycles. The van der Waals surface area contributed by atoms with E-state index in [2.05, 4.69) is 34.5 Å². The second kappa shape index (κ2) is 5.86. The third-order valence-corrected chi connectivity index (χ3v) is 5.27. The Morgan fingerprint density at radius 3 is 2.50 bits per heavy atom. The summed E-state index contributed by atoms with van der Waals surface area (Å²) in [6.07, 6.45) is 5.01. The molecular formula is C20H22N2O2. The van der Waals surface area contributed by atoms with Crippen molar-refractivity contribution in [1.29, 1.82) is 0 Å². The number of benzene rings is 2. The maximum atomic E-state index is 11.0. The van der Waals surface area contributed by atoms with Crippen LogP contribution in [0.4, 0.5) is 11.4 Å². The van der Waals surface area contributed by atoms with Gasteiger partial charge >= 0.3 is 5.97 Å². The number of hydrogen-bond acceptors (Lipinski definition) is 3. The van der Waals surface area contributed by atoms with Crippen molar-refractivity contribution in [2.75, 3.05) is 16.8 Å². The molecule has 1 fully saturated rings. The predicted octanol–water partition coefficient (Wildman–Crippen LogP) is 4.13. The Morgan fingerprint density at radius 1 is 1.08 bits per heavy atom. The van der Waals surface area contributed by atoms with E-state index in [9.17, 15) is 4.79 Å². The zero-order valence-corrected chi connectivity index (χ0v) is 13.7. The molecule has 1 heterocycles. The fourth-order valence-corrected chi connectivity index (χ4v) is 4.08.